The van der Waals surface area contributed by atoms with Crippen LogP contribution in [-0.2, 0) is 14.8 Å². The van der Waals surface area contributed by atoms with Gasteiger partial charge in [0, 0.05) is 43.8 Å². The summed E-state index contributed by atoms with van der Waals surface area (Å²) in [5.41, 5.74) is 1.67. The van der Waals surface area contributed by atoms with Crippen molar-refractivity contribution >= 4 is 26.8 Å². The van der Waals surface area contributed by atoms with Crippen LogP contribution in [0.1, 0.15) is 25.3 Å². The minimum absolute atomic E-state index is 0.0365. The highest BCUT2D eigenvalue weighted by Gasteiger charge is 2.34. The molecule has 1 aliphatic heterocycles. The first kappa shape index (κ1) is 19.3. The van der Waals surface area contributed by atoms with Gasteiger partial charge in [0.2, 0.25) is 15.9 Å². The Kier molecular flexibility index (Phi) is 5.11. The highest BCUT2D eigenvalue weighted by atomic mass is 32.2. The summed E-state index contributed by atoms with van der Waals surface area (Å²) < 4.78 is 28.1. The molecular formula is C20H26N4O3S. The Morgan fingerprint density at radius 3 is 2.57 bits per heavy atom. The fourth-order valence-corrected chi connectivity index (χ4v) is 5.30. The fraction of sp³-hybridized carbons (Fsp3) is 0.500. The molecule has 1 atom stereocenters. The maximum Gasteiger partial charge on any atom is 0.243 e. The van der Waals surface area contributed by atoms with Gasteiger partial charge in [0.15, 0.2) is 0 Å². The number of amides is 1. The molecule has 1 aromatic heterocycles. The predicted molar refractivity (Wildman–Crippen MR) is 107 cm³/mol. The Morgan fingerprint density at radius 1 is 1.18 bits per heavy atom. The number of fused-ring (bicyclic) bond motifs is 1. The normalized spacial score (nSPS) is 20.2. The zero-order chi connectivity index (χ0) is 19.9. The average Bonchev–Trinajstić information content (AvgIpc) is 3.52. The highest BCUT2D eigenvalue weighted by Crippen LogP contribution is 2.27. The molecule has 1 aromatic carbocycles. The van der Waals surface area contributed by atoms with Crippen LogP contribution in [0.3, 0.4) is 0 Å². The predicted octanol–water partition coefficient (Wildman–Crippen LogP) is 1.52. The van der Waals surface area contributed by atoms with Gasteiger partial charge in [-0.2, -0.15) is 4.31 Å². The Hall–Kier alpha value is -2.03. The SMILES string of the molecule is Cc1ccc(S(=O)(=O)N2CCN(C(C)C(=O)NC3CC3)CC2)c2cccnc12. The molecule has 1 saturated heterocycles. The number of rotatable bonds is 5. The Morgan fingerprint density at radius 2 is 1.89 bits per heavy atom. The van der Waals surface area contributed by atoms with Crippen molar-refractivity contribution in [2.45, 2.75) is 43.7 Å². The zero-order valence-corrected chi connectivity index (χ0v) is 17.1. The molecule has 0 bridgehead atoms. The maximum absolute atomic E-state index is 13.3. The summed E-state index contributed by atoms with van der Waals surface area (Å²) in [5, 5.41) is 3.68. The van der Waals surface area contributed by atoms with E-state index in [9.17, 15) is 13.2 Å². The summed E-state index contributed by atoms with van der Waals surface area (Å²) >= 11 is 0. The van der Waals surface area contributed by atoms with Crippen molar-refractivity contribution in [1.82, 2.24) is 19.5 Å². The number of sulfonamides is 1. The first-order valence-electron chi connectivity index (χ1n) is 9.77. The number of hydrogen-bond donors (Lipinski definition) is 1. The summed E-state index contributed by atoms with van der Waals surface area (Å²) in [5.74, 6) is 0.0365. The van der Waals surface area contributed by atoms with E-state index in [0.29, 0.717) is 48.0 Å². The number of benzene rings is 1. The Labute approximate surface area is 165 Å². The summed E-state index contributed by atoms with van der Waals surface area (Å²) in [6, 6.07) is 7.15. The fourth-order valence-electron chi connectivity index (χ4n) is 3.70. The molecule has 1 aliphatic carbocycles. The van der Waals surface area contributed by atoms with Crippen LogP contribution in [0.15, 0.2) is 35.4 Å². The number of hydrogen-bond acceptors (Lipinski definition) is 5. The van der Waals surface area contributed by atoms with Gasteiger partial charge in [0.05, 0.1) is 16.5 Å². The van der Waals surface area contributed by atoms with Crippen molar-refractivity contribution in [1.29, 1.82) is 0 Å². The third-order valence-electron chi connectivity index (χ3n) is 5.67. The van der Waals surface area contributed by atoms with Crippen LogP contribution < -0.4 is 5.32 Å². The number of carbonyl (C=O) groups is 1. The molecule has 4 rings (SSSR count). The molecule has 7 nitrogen and oxygen atoms in total. The number of carbonyl (C=O) groups excluding carboxylic acids is 1. The van der Waals surface area contributed by atoms with Crippen molar-refractivity contribution in [2.75, 3.05) is 26.2 Å². The van der Waals surface area contributed by atoms with Gasteiger partial charge in [-0.1, -0.05) is 6.07 Å². The second-order valence-electron chi connectivity index (χ2n) is 7.68. The molecule has 150 valence electrons. The second-order valence-corrected chi connectivity index (χ2v) is 9.59. The van der Waals surface area contributed by atoms with Crippen molar-refractivity contribution in [3.8, 4) is 0 Å². The first-order chi connectivity index (χ1) is 13.4. The highest BCUT2D eigenvalue weighted by molar-refractivity contribution is 7.89. The first-order valence-corrected chi connectivity index (χ1v) is 11.2. The van der Waals surface area contributed by atoms with Gasteiger partial charge in [-0.3, -0.25) is 14.7 Å². The van der Waals surface area contributed by atoms with Crippen LogP contribution >= 0.6 is 0 Å². The number of nitrogens with one attached hydrogen (secondary N) is 1. The zero-order valence-electron chi connectivity index (χ0n) is 16.3. The van der Waals surface area contributed by atoms with Gasteiger partial charge < -0.3 is 5.32 Å². The molecule has 0 radical (unpaired) electrons. The molecule has 2 aromatic rings. The van der Waals surface area contributed by atoms with Crippen LogP contribution in [0.25, 0.3) is 10.9 Å². The van der Waals surface area contributed by atoms with Gasteiger partial charge in [-0.05, 0) is 50.5 Å². The van der Waals surface area contributed by atoms with Gasteiger partial charge in [0.25, 0.3) is 0 Å². The quantitative estimate of drug-likeness (QED) is 0.820. The largest absolute Gasteiger partial charge is 0.352 e. The molecule has 1 unspecified atom stereocenters. The molecule has 1 amide bonds. The van der Waals surface area contributed by atoms with E-state index in [-0.39, 0.29) is 11.9 Å². The molecular weight excluding hydrogens is 376 g/mol. The van der Waals surface area contributed by atoms with E-state index in [1.807, 2.05) is 26.0 Å². The van der Waals surface area contributed by atoms with E-state index >= 15 is 0 Å². The standard InChI is InChI=1S/C20H26N4O3S/c1-14-5-8-18(17-4-3-9-21-19(14)17)28(26,27)24-12-10-23(11-13-24)15(2)20(25)22-16-6-7-16/h3-5,8-9,15-16H,6-7,10-13H2,1-2H3,(H,22,25). The lowest BCUT2D eigenvalue weighted by Gasteiger charge is -2.36. The third kappa shape index (κ3) is 3.64. The lowest BCUT2D eigenvalue weighted by Crippen LogP contribution is -2.55. The van der Waals surface area contributed by atoms with Crippen LogP contribution in [0.4, 0.5) is 0 Å². The van der Waals surface area contributed by atoms with Crippen molar-refractivity contribution in [3.63, 3.8) is 0 Å². The molecule has 0 spiro atoms. The van der Waals surface area contributed by atoms with Gasteiger partial charge in [-0.15, -0.1) is 0 Å². The topological polar surface area (TPSA) is 82.6 Å². The van der Waals surface area contributed by atoms with Crippen LogP contribution in [-0.4, -0.2) is 66.8 Å². The Bertz CT molecular complexity index is 996. The van der Waals surface area contributed by atoms with Gasteiger partial charge in [-0.25, -0.2) is 8.42 Å². The summed E-state index contributed by atoms with van der Waals surface area (Å²) in [7, 11) is -3.62. The van der Waals surface area contributed by atoms with Crippen LogP contribution in [0, 0.1) is 6.92 Å². The number of aromatic nitrogens is 1. The molecule has 2 fully saturated rings. The lowest BCUT2D eigenvalue weighted by atomic mass is 10.1. The van der Waals surface area contributed by atoms with Gasteiger partial charge >= 0.3 is 0 Å². The summed E-state index contributed by atoms with van der Waals surface area (Å²) in [6.45, 7) is 5.65. The minimum atomic E-state index is -3.62. The minimum Gasteiger partial charge on any atom is -0.352 e. The monoisotopic (exact) mass is 402 g/mol. The lowest BCUT2D eigenvalue weighted by molar-refractivity contribution is -0.126. The van der Waals surface area contributed by atoms with E-state index in [0.717, 1.165) is 18.4 Å². The number of nitrogens with zero attached hydrogens (tertiary/aromatic N) is 3. The number of piperazine rings is 1. The second kappa shape index (κ2) is 7.42. The third-order valence-corrected chi connectivity index (χ3v) is 7.63. The molecule has 2 aliphatic rings. The van der Waals surface area contributed by atoms with Crippen molar-refractivity contribution in [2.24, 2.45) is 0 Å². The van der Waals surface area contributed by atoms with Gasteiger partial charge in [0.1, 0.15) is 0 Å². The Balaban J connectivity index is 1.50. The smallest absolute Gasteiger partial charge is 0.243 e. The number of pyridine rings is 1. The molecule has 1 saturated carbocycles. The molecule has 2 heterocycles. The van der Waals surface area contributed by atoms with Crippen LogP contribution in [0.5, 0.6) is 0 Å². The summed E-state index contributed by atoms with van der Waals surface area (Å²) in [6.07, 6.45) is 3.80. The van der Waals surface area contributed by atoms with E-state index in [1.165, 1.54) is 4.31 Å². The molecule has 8 heteroatoms. The van der Waals surface area contributed by atoms with E-state index in [2.05, 4.69) is 15.2 Å². The van der Waals surface area contributed by atoms with Crippen LogP contribution in [0.2, 0.25) is 0 Å². The van der Waals surface area contributed by atoms with E-state index in [4.69, 9.17) is 0 Å². The average molecular weight is 403 g/mol. The van der Waals surface area contributed by atoms with E-state index < -0.39 is 10.0 Å². The van der Waals surface area contributed by atoms with Crippen molar-refractivity contribution < 1.29 is 13.2 Å². The number of aryl methyl sites for hydroxylation is 1. The van der Waals surface area contributed by atoms with Crippen molar-refractivity contribution in [3.05, 3.63) is 36.0 Å². The molecule has 1 N–H and O–H groups in total. The van der Waals surface area contributed by atoms with E-state index in [1.54, 1.807) is 18.3 Å². The maximum atomic E-state index is 13.3. The summed E-state index contributed by atoms with van der Waals surface area (Å²) in [4.78, 5) is 19.0. The molecule has 28 heavy (non-hydrogen) atoms.